The summed E-state index contributed by atoms with van der Waals surface area (Å²) in [4.78, 5) is 10.1. The van der Waals surface area contributed by atoms with Gasteiger partial charge in [-0.25, -0.2) is 4.98 Å². The van der Waals surface area contributed by atoms with Crippen molar-refractivity contribution >= 4 is 0 Å². The van der Waals surface area contributed by atoms with Crippen molar-refractivity contribution in [2.75, 3.05) is 13.6 Å². The van der Waals surface area contributed by atoms with Crippen molar-refractivity contribution in [3.05, 3.63) is 18.2 Å². The molecule has 0 aliphatic carbocycles. The standard InChI is InChI=1S/C14H26N4/c1-5-12(14-15-6-7-16-14)17-13-8-11(3)18(4)9-10(13)2/h6-7,10-13,17H,5,8-9H2,1-4H3,(H,15,16). The highest BCUT2D eigenvalue weighted by Gasteiger charge is 2.30. The number of likely N-dealkylation sites (tertiary alicyclic amines) is 1. The summed E-state index contributed by atoms with van der Waals surface area (Å²) in [5, 5.41) is 3.79. The number of rotatable bonds is 4. The lowest BCUT2D eigenvalue weighted by Gasteiger charge is -2.41. The van der Waals surface area contributed by atoms with Crippen LogP contribution in [0.15, 0.2) is 12.4 Å². The molecule has 2 heterocycles. The highest BCUT2D eigenvalue weighted by Crippen LogP contribution is 2.24. The Labute approximate surface area is 110 Å². The highest BCUT2D eigenvalue weighted by atomic mass is 15.2. The lowest BCUT2D eigenvalue weighted by molar-refractivity contribution is 0.114. The van der Waals surface area contributed by atoms with Crippen molar-refractivity contribution in [1.82, 2.24) is 20.2 Å². The lowest BCUT2D eigenvalue weighted by Crippen LogP contribution is -2.51. The first-order valence-corrected chi connectivity index (χ1v) is 7.07. The minimum absolute atomic E-state index is 0.350. The van der Waals surface area contributed by atoms with Crippen LogP contribution in [0.1, 0.15) is 45.5 Å². The molecular weight excluding hydrogens is 224 g/mol. The topological polar surface area (TPSA) is 44.0 Å². The van der Waals surface area contributed by atoms with Crippen molar-refractivity contribution in [3.63, 3.8) is 0 Å². The molecule has 18 heavy (non-hydrogen) atoms. The van der Waals surface area contributed by atoms with Gasteiger partial charge in [-0.05, 0) is 32.7 Å². The number of hydrogen-bond acceptors (Lipinski definition) is 3. The van der Waals surface area contributed by atoms with Crippen LogP contribution in [0.2, 0.25) is 0 Å². The maximum absolute atomic E-state index is 4.38. The predicted molar refractivity (Wildman–Crippen MR) is 74.4 cm³/mol. The molecule has 102 valence electrons. The van der Waals surface area contributed by atoms with Gasteiger partial charge >= 0.3 is 0 Å². The molecule has 1 aromatic heterocycles. The second-order valence-corrected chi connectivity index (χ2v) is 5.71. The molecule has 0 bridgehead atoms. The van der Waals surface area contributed by atoms with E-state index in [2.05, 4.69) is 48.0 Å². The Hall–Kier alpha value is -0.870. The summed E-state index contributed by atoms with van der Waals surface area (Å²) >= 11 is 0. The van der Waals surface area contributed by atoms with Gasteiger partial charge in [0, 0.05) is 31.0 Å². The van der Waals surface area contributed by atoms with Crippen LogP contribution < -0.4 is 5.32 Å². The molecule has 4 unspecified atom stereocenters. The maximum atomic E-state index is 4.38. The van der Waals surface area contributed by atoms with E-state index in [0.29, 0.717) is 24.0 Å². The summed E-state index contributed by atoms with van der Waals surface area (Å²) in [6, 6.07) is 1.60. The second kappa shape index (κ2) is 5.85. The number of nitrogens with zero attached hydrogens (tertiary/aromatic N) is 2. The van der Waals surface area contributed by atoms with E-state index >= 15 is 0 Å². The fraction of sp³-hybridized carbons (Fsp3) is 0.786. The monoisotopic (exact) mass is 250 g/mol. The van der Waals surface area contributed by atoms with Gasteiger partial charge in [0.2, 0.25) is 0 Å². The fourth-order valence-corrected chi connectivity index (χ4v) is 2.89. The number of hydrogen-bond donors (Lipinski definition) is 2. The third kappa shape index (κ3) is 2.93. The van der Waals surface area contributed by atoms with Gasteiger partial charge in [-0.15, -0.1) is 0 Å². The summed E-state index contributed by atoms with van der Waals surface area (Å²) in [6.07, 6.45) is 6.02. The van der Waals surface area contributed by atoms with Gasteiger partial charge in [-0.2, -0.15) is 0 Å². The number of nitrogens with one attached hydrogen (secondary N) is 2. The van der Waals surface area contributed by atoms with Gasteiger partial charge in [0.15, 0.2) is 0 Å². The zero-order valence-electron chi connectivity index (χ0n) is 12.0. The van der Waals surface area contributed by atoms with Gasteiger partial charge in [0.25, 0.3) is 0 Å². The van der Waals surface area contributed by atoms with E-state index in [9.17, 15) is 0 Å². The van der Waals surface area contributed by atoms with Crippen molar-refractivity contribution in [2.45, 2.75) is 51.7 Å². The Kier molecular flexibility index (Phi) is 4.40. The average Bonchev–Trinajstić information content (AvgIpc) is 2.85. The number of imidazole rings is 1. The molecule has 1 saturated heterocycles. The summed E-state index contributed by atoms with van der Waals surface area (Å²) in [5.41, 5.74) is 0. The van der Waals surface area contributed by atoms with Crippen LogP contribution in [0.5, 0.6) is 0 Å². The minimum Gasteiger partial charge on any atom is -0.347 e. The van der Waals surface area contributed by atoms with E-state index < -0.39 is 0 Å². The van der Waals surface area contributed by atoms with Crippen LogP contribution in [0, 0.1) is 5.92 Å². The quantitative estimate of drug-likeness (QED) is 0.861. The van der Waals surface area contributed by atoms with E-state index in [1.165, 1.54) is 13.0 Å². The van der Waals surface area contributed by atoms with Crippen molar-refractivity contribution < 1.29 is 0 Å². The Morgan fingerprint density at radius 2 is 2.33 bits per heavy atom. The molecule has 1 aromatic rings. The lowest BCUT2D eigenvalue weighted by atomic mass is 9.89. The van der Waals surface area contributed by atoms with Crippen LogP contribution in [-0.2, 0) is 0 Å². The van der Waals surface area contributed by atoms with Gasteiger partial charge in [-0.3, -0.25) is 0 Å². The normalized spacial score (nSPS) is 31.4. The first kappa shape index (κ1) is 13.6. The molecule has 4 heteroatoms. The van der Waals surface area contributed by atoms with Gasteiger partial charge in [0.05, 0.1) is 6.04 Å². The first-order valence-electron chi connectivity index (χ1n) is 7.07. The number of H-pyrrole nitrogens is 1. The van der Waals surface area contributed by atoms with Crippen LogP contribution >= 0.6 is 0 Å². The average molecular weight is 250 g/mol. The Morgan fingerprint density at radius 1 is 1.56 bits per heavy atom. The maximum Gasteiger partial charge on any atom is 0.123 e. The molecular formula is C14H26N4. The molecule has 2 rings (SSSR count). The van der Waals surface area contributed by atoms with Gasteiger partial charge in [-0.1, -0.05) is 13.8 Å². The SMILES string of the molecule is CCC(NC1CC(C)N(C)CC1C)c1ncc[nH]1. The van der Waals surface area contributed by atoms with E-state index in [4.69, 9.17) is 0 Å². The van der Waals surface area contributed by atoms with Crippen molar-refractivity contribution in [3.8, 4) is 0 Å². The molecule has 4 atom stereocenters. The summed E-state index contributed by atoms with van der Waals surface area (Å²) in [7, 11) is 2.22. The predicted octanol–water partition coefficient (Wildman–Crippen LogP) is 2.18. The zero-order chi connectivity index (χ0) is 13.1. The summed E-state index contributed by atoms with van der Waals surface area (Å²) in [6.45, 7) is 8.04. The summed E-state index contributed by atoms with van der Waals surface area (Å²) < 4.78 is 0. The molecule has 1 aliphatic rings. The molecule has 0 spiro atoms. The van der Waals surface area contributed by atoms with Crippen LogP contribution in [0.4, 0.5) is 0 Å². The zero-order valence-corrected chi connectivity index (χ0v) is 12.0. The Bertz CT molecular complexity index is 349. The molecule has 2 N–H and O–H groups in total. The van der Waals surface area contributed by atoms with Gasteiger partial charge < -0.3 is 15.2 Å². The van der Waals surface area contributed by atoms with E-state index in [0.717, 1.165) is 12.2 Å². The van der Waals surface area contributed by atoms with Crippen molar-refractivity contribution in [2.24, 2.45) is 5.92 Å². The van der Waals surface area contributed by atoms with E-state index in [-0.39, 0.29) is 0 Å². The fourth-order valence-electron chi connectivity index (χ4n) is 2.89. The summed E-state index contributed by atoms with van der Waals surface area (Å²) in [5.74, 6) is 1.76. The number of piperidine rings is 1. The molecule has 0 aromatic carbocycles. The number of aromatic nitrogens is 2. The van der Waals surface area contributed by atoms with Crippen LogP contribution in [0.25, 0.3) is 0 Å². The Balaban J connectivity index is 1.99. The molecule has 0 saturated carbocycles. The smallest absolute Gasteiger partial charge is 0.123 e. The van der Waals surface area contributed by atoms with Crippen molar-refractivity contribution in [1.29, 1.82) is 0 Å². The van der Waals surface area contributed by atoms with Crippen LogP contribution in [0.3, 0.4) is 0 Å². The molecule has 0 amide bonds. The molecule has 1 fully saturated rings. The molecule has 1 aliphatic heterocycles. The molecule has 4 nitrogen and oxygen atoms in total. The Morgan fingerprint density at radius 3 is 2.94 bits per heavy atom. The first-order chi connectivity index (χ1) is 8.61. The van der Waals surface area contributed by atoms with E-state index in [1.807, 2.05) is 12.4 Å². The van der Waals surface area contributed by atoms with Gasteiger partial charge in [0.1, 0.15) is 5.82 Å². The highest BCUT2D eigenvalue weighted by molar-refractivity contribution is 4.98. The third-order valence-electron chi connectivity index (χ3n) is 4.28. The van der Waals surface area contributed by atoms with E-state index in [1.54, 1.807) is 0 Å². The molecule has 0 radical (unpaired) electrons. The van der Waals surface area contributed by atoms with Crippen LogP contribution in [-0.4, -0.2) is 40.5 Å². The largest absolute Gasteiger partial charge is 0.347 e. The third-order valence-corrected chi connectivity index (χ3v) is 4.28. The second-order valence-electron chi connectivity index (χ2n) is 5.71. The minimum atomic E-state index is 0.350. The number of aromatic amines is 1.